The zero-order chi connectivity index (χ0) is 23.8. The van der Waals surface area contributed by atoms with Crippen molar-refractivity contribution in [3.63, 3.8) is 0 Å². The molecule has 0 atom stereocenters. The molecule has 172 valence electrons. The Morgan fingerprint density at radius 3 is 2.79 bits per heavy atom. The molecule has 2 N–H and O–H groups in total. The number of rotatable bonds is 5. The Morgan fingerprint density at radius 1 is 1.18 bits per heavy atom. The first kappa shape index (κ1) is 21.6. The van der Waals surface area contributed by atoms with Crippen LogP contribution in [0.2, 0.25) is 0 Å². The first-order valence-electron chi connectivity index (χ1n) is 10.5. The van der Waals surface area contributed by atoms with E-state index in [0.717, 1.165) is 11.1 Å². The average Bonchev–Trinajstić information content (AvgIpc) is 3.08. The SMILES string of the molecule is CC(=O)Nc1cccc(-c2ccc3c(N=O)c(O)n(Cc4cc(F)cc5c4OCOC5)c3c2)c1. The van der Waals surface area contributed by atoms with Crippen molar-refractivity contribution in [2.45, 2.75) is 20.1 Å². The molecule has 1 aliphatic rings. The average molecular weight is 461 g/mol. The molecule has 0 fully saturated rings. The van der Waals surface area contributed by atoms with Crippen molar-refractivity contribution in [2.24, 2.45) is 5.18 Å². The predicted molar refractivity (Wildman–Crippen MR) is 125 cm³/mol. The molecule has 5 rings (SSSR count). The summed E-state index contributed by atoms with van der Waals surface area (Å²) < 4.78 is 26.6. The van der Waals surface area contributed by atoms with E-state index in [1.54, 1.807) is 18.2 Å². The molecule has 3 aromatic carbocycles. The van der Waals surface area contributed by atoms with Crippen LogP contribution in [-0.2, 0) is 22.7 Å². The molecule has 4 aromatic rings. The normalized spacial score (nSPS) is 12.8. The minimum atomic E-state index is -0.456. The number of nitrogens with zero attached hydrogens (tertiary/aromatic N) is 2. The van der Waals surface area contributed by atoms with Crippen LogP contribution in [-0.4, -0.2) is 22.4 Å². The maximum Gasteiger partial charge on any atom is 0.222 e. The number of amides is 1. The molecule has 0 radical (unpaired) electrons. The maximum absolute atomic E-state index is 14.3. The standard InChI is InChI=1S/C25H20FN3O5/c1-14(30)27-20-4-2-3-15(9-20)16-5-6-21-22(10-16)29(25(31)23(21)28-32)11-17-7-19(26)8-18-12-33-13-34-24(17)18/h2-10,31H,11-13H2,1H3,(H,27,30). The fourth-order valence-corrected chi connectivity index (χ4v) is 4.27. The molecule has 0 saturated carbocycles. The topological polar surface area (TPSA) is 102 Å². The first-order valence-corrected chi connectivity index (χ1v) is 10.5. The Hall–Kier alpha value is -4.24. The summed E-state index contributed by atoms with van der Waals surface area (Å²) in [5, 5.41) is 17.1. The molecule has 1 aliphatic heterocycles. The molecule has 2 heterocycles. The molecule has 0 spiro atoms. The molecular weight excluding hydrogens is 441 g/mol. The second-order valence-electron chi connectivity index (χ2n) is 8.01. The van der Waals surface area contributed by atoms with Crippen molar-refractivity contribution < 1.29 is 23.8 Å². The van der Waals surface area contributed by atoms with Crippen LogP contribution >= 0.6 is 0 Å². The van der Waals surface area contributed by atoms with Gasteiger partial charge in [0.1, 0.15) is 11.6 Å². The van der Waals surface area contributed by atoms with Crippen molar-refractivity contribution in [3.05, 3.63) is 76.4 Å². The number of halogens is 1. The molecule has 0 unspecified atom stereocenters. The highest BCUT2D eigenvalue weighted by Gasteiger charge is 2.22. The van der Waals surface area contributed by atoms with Gasteiger partial charge in [0.2, 0.25) is 11.8 Å². The van der Waals surface area contributed by atoms with Gasteiger partial charge >= 0.3 is 0 Å². The summed E-state index contributed by atoms with van der Waals surface area (Å²) in [7, 11) is 0. The van der Waals surface area contributed by atoms with E-state index in [1.165, 1.54) is 23.6 Å². The van der Waals surface area contributed by atoms with Crippen LogP contribution in [0.5, 0.6) is 11.6 Å². The Morgan fingerprint density at radius 2 is 2.00 bits per heavy atom. The third kappa shape index (κ3) is 3.86. The molecule has 9 heteroatoms. The maximum atomic E-state index is 14.3. The highest BCUT2D eigenvalue weighted by molar-refractivity contribution is 5.98. The number of aromatic nitrogens is 1. The van der Waals surface area contributed by atoms with Crippen LogP contribution in [0, 0.1) is 10.7 Å². The Bertz CT molecular complexity index is 1450. The van der Waals surface area contributed by atoms with E-state index < -0.39 is 5.82 Å². The van der Waals surface area contributed by atoms with Crippen LogP contribution in [0.4, 0.5) is 15.8 Å². The Kier molecular flexibility index (Phi) is 5.46. The first-order chi connectivity index (χ1) is 16.4. The Labute approximate surface area is 193 Å². The van der Waals surface area contributed by atoms with Crippen molar-refractivity contribution in [1.82, 2.24) is 4.57 Å². The third-order valence-electron chi connectivity index (χ3n) is 5.70. The summed E-state index contributed by atoms with van der Waals surface area (Å²) in [6, 6.07) is 15.3. The van der Waals surface area contributed by atoms with Gasteiger partial charge in [-0.3, -0.25) is 4.79 Å². The van der Waals surface area contributed by atoms with Gasteiger partial charge < -0.3 is 24.5 Å². The van der Waals surface area contributed by atoms with E-state index in [9.17, 15) is 19.2 Å². The summed E-state index contributed by atoms with van der Waals surface area (Å²) in [6.07, 6.45) is 0. The molecule has 0 saturated heterocycles. The number of carbonyl (C=O) groups excluding carboxylic acids is 1. The summed E-state index contributed by atoms with van der Waals surface area (Å²) in [6.45, 7) is 1.74. The summed E-state index contributed by atoms with van der Waals surface area (Å²) in [5.41, 5.74) is 3.78. The smallest absolute Gasteiger partial charge is 0.222 e. The number of benzene rings is 3. The molecule has 0 aliphatic carbocycles. The lowest BCUT2D eigenvalue weighted by molar-refractivity contribution is -0.114. The van der Waals surface area contributed by atoms with Crippen molar-refractivity contribution >= 4 is 28.2 Å². The van der Waals surface area contributed by atoms with Crippen LogP contribution in [0.3, 0.4) is 0 Å². The van der Waals surface area contributed by atoms with Crippen LogP contribution in [0.1, 0.15) is 18.1 Å². The largest absolute Gasteiger partial charge is 0.493 e. The lowest BCUT2D eigenvalue weighted by Crippen LogP contribution is -2.14. The van der Waals surface area contributed by atoms with Crippen LogP contribution < -0.4 is 10.1 Å². The zero-order valence-electron chi connectivity index (χ0n) is 18.2. The van der Waals surface area contributed by atoms with Gasteiger partial charge in [-0.05, 0) is 52.7 Å². The lowest BCUT2D eigenvalue weighted by atomic mass is 10.0. The lowest BCUT2D eigenvalue weighted by Gasteiger charge is -2.21. The van der Waals surface area contributed by atoms with Gasteiger partial charge in [0.25, 0.3) is 0 Å². The number of nitrogens with one attached hydrogen (secondary N) is 1. The number of fused-ring (bicyclic) bond motifs is 2. The van der Waals surface area contributed by atoms with E-state index in [4.69, 9.17) is 9.47 Å². The number of carbonyl (C=O) groups is 1. The van der Waals surface area contributed by atoms with Gasteiger partial charge in [-0.15, -0.1) is 4.91 Å². The molecular formula is C25H20FN3O5. The van der Waals surface area contributed by atoms with Crippen LogP contribution in [0.15, 0.2) is 59.8 Å². The quantitative estimate of drug-likeness (QED) is 0.386. The third-order valence-corrected chi connectivity index (χ3v) is 5.70. The minimum absolute atomic E-state index is 0.0416. The van der Waals surface area contributed by atoms with Crippen molar-refractivity contribution in [3.8, 4) is 22.8 Å². The zero-order valence-corrected chi connectivity index (χ0v) is 18.2. The van der Waals surface area contributed by atoms with E-state index in [-0.39, 0.29) is 37.4 Å². The molecule has 8 nitrogen and oxygen atoms in total. The van der Waals surface area contributed by atoms with E-state index in [0.29, 0.717) is 33.5 Å². The molecule has 34 heavy (non-hydrogen) atoms. The fourth-order valence-electron chi connectivity index (χ4n) is 4.27. The Balaban J connectivity index is 1.63. The number of anilines is 1. The van der Waals surface area contributed by atoms with Gasteiger partial charge in [0.15, 0.2) is 12.5 Å². The van der Waals surface area contributed by atoms with Gasteiger partial charge in [-0.1, -0.05) is 18.2 Å². The number of aromatic hydroxyl groups is 1. The number of ether oxygens (including phenoxy) is 2. The van der Waals surface area contributed by atoms with Crippen molar-refractivity contribution in [1.29, 1.82) is 0 Å². The highest BCUT2D eigenvalue weighted by atomic mass is 19.1. The van der Waals surface area contributed by atoms with Crippen LogP contribution in [0.25, 0.3) is 22.0 Å². The number of hydrogen-bond donors (Lipinski definition) is 2. The van der Waals surface area contributed by atoms with Gasteiger partial charge in [-0.25, -0.2) is 4.39 Å². The van der Waals surface area contributed by atoms with Gasteiger partial charge in [0.05, 0.1) is 18.7 Å². The molecule has 1 amide bonds. The van der Waals surface area contributed by atoms with E-state index >= 15 is 0 Å². The monoisotopic (exact) mass is 461 g/mol. The summed E-state index contributed by atoms with van der Waals surface area (Å²) in [5.74, 6) is -0.463. The predicted octanol–water partition coefficient (Wildman–Crippen LogP) is 5.42. The van der Waals surface area contributed by atoms with E-state index in [2.05, 4.69) is 10.5 Å². The molecule has 1 aromatic heterocycles. The molecule has 0 bridgehead atoms. The van der Waals surface area contributed by atoms with E-state index in [1.807, 2.05) is 24.3 Å². The second kappa shape index (κ2) is 8.60. The van der Waals surface area contributed by atoms with Crippen molar-refractivity contribution in [2.75, 3.05) is 12.1 Å². The number of hydrogen-bond acceptors (Lipinski definition) is 6. The second-order valence-corrected chi connectivity index (χ2v) is 8.01. The fraction of sp³-hybridized carbons (Fsp3) is 0.160. The summed E-state index contributed by atoms with van der Waals surface area (Å²) >= 11 is 0. The van der Waals surface area contributed by atoms with Gasteiger partial charge in [-0.2, -0.15) is 0 Å². The van der Waals surface area contributed by atoms with Gasteiger partial charge in [0, 0.05) is 29.1 Å². The minimum Gasteiger partial charge on any atom is -0.493 e. The number of nitroso groups, excluding NO2 is 1. The highest BCUT2D eigenvalue weighted by Crippen LogP contribution is 2.42. The summed E-state index contributed by atoms with van der Waals surface area (Å²) in [4.78, 5) is 23.0.